The van der Waals surface area contributed by atoms with Crippen LogP contribution in [0.1, 0.15) is 0 Å². The van der Waals surface area contributed by atoms with Gasteiger partial charge < -0.3 is 9.47 Å². The van der Waals surface area contributed by atoms with Crippen molar-refractivity contribution in [2.24, 2.45) is 0 Å². The van der Waals surface area contributed by atoms with Crippen LogP contribution < -0.4 is 4.90 Å². The Morgan fingerprint density at radius 3 is 1.86 bits per heavy atom. The first-order valence-corrected chi connectivity index (χ1v) is 12.8. The largest absolute Gasteiger partial charge is 0.310 e. The fraction of sp³-hybridized carbons (Fsp3) is 0. The molecule has 1 heterocycles. The quantitative estimate of drug-likeness (QED) is 0.236. The van der Waals surface area contributed by atoms with E-state index in [2.05, 4.69) is 137 Å². The van der Waals surface area contributed by atoms with Gasteiger partial charge >= 0.3 is 0 Å². The van der Waals surface area contributed by atoms with Crippen LogP contribution in [0.2, 0.25) is 5.02 Å². The molecule has 0 N–H and O–H groups in total. The second-order valence-corrected chi connectivity index (χ2v) is 9.58. The van der Waals surface area contributed by atoms with Gasteiger partial charge in [-0.05, 0) is 54.6 Å². The highest BCUT2D eigenvalue weighted by Crippen LogP contribution is 2.42. The first-order chi connectivity index (χ1) is 18.3. The van der Waals surface area contributed by atoms with Gasteiger partial charge in [-0.1, -0.05) is 96.5 Å². The summed E-state index contributed by atoms with van der Waals surface area (Å²) in [4.78, 5) is 2.32. The van der Waals surface area contributed by atoms with Gasteiger partial charge in [0.2, 0.25) is 0 Å². The number of nitrogens with zero attached hydrogens (tertiary/aromatic N) is 2. The number of hydrogen-bond donors (Lipinski definition) is 0. The molecule has 0 aliphatic heterocycles. The van der Waals surface area contributed by atoms with E-state index in [9.17, 15) is 0 Å². The Labute approximate surface area is 220 Å². The van der Waals surface area contributed by atoms with Crippen molar-refractivity contribution in [3.8, 4) is 5.69 Å². The Morgan fingerprint density at radius 2 is 1.08 bits per heavy atom. The van der Waals surface area contributed by atoms with Gasteiger partial charge in [-0.3, -0.25) is 0 Å². The van der Waals surface area contributed by atoms with Gasteiger partial charge in [-0.15, -0.1) is 0 Å². The first-order valence-electron chi connectivity index (χ1n) is 12.4. The van der Waals surface area contributed by atoms with Crippen molar-refractivity contribution in [3.05, 3.63) is 145 Å². The number of hydrogen-bond acceptors (Lipinski definition) is 1. The van der Waals surface area contributed by atoms with Crippen molar-refractivity contribution in [2.45, 2.75) is 0 Å². The minimum absolute atomic E-state index is 0.756. The van der Waals surface area contributed by atoms with E-state index in [-0.39, 0.29) is 0 Å². The molecule has 1 aromatic heterocycles. The third kappa shape index (κ3) is 3.57. The molecule has 7 aromatic rings. The summed E-state index contributed by atoms with van der Waals surface area (Å²) in [6.07, 6.45) is 0. The Bertz CT molecular complexity index is 1890. The average molecular weight is 495 g/mol. The molecule has 0 saturated heterocycles. The highest BCUT2D eigenvalue weighted by molar-refractivity contribution is 6.36. The number of anilines is 3. The highest BCUT2D eigenvalue weighted by Gasteiger charge is 2.19. The maximum Gasteiger partial charge on any atom is 0.0561 e. The molecule has 0 radical (unpaired) electrons. The zero-order chi connectivity index (χ0) is 24.8. The maximum atomic E-state index is 6.62. The summed E-state index contributed by atoms with van der Waals surface area (Å²) in [5.41, 5.74) is 6.79. The molecular formula is C34H23ClN2. The van der Waals surface area contributed by atoms with Gasteiger partial charge in [0.05, 0.1) is 16.7 Å². The molecule has 0 aliphatic rings. The van der Waals surface area contributed by atoms with Crippen molar-refractivity contribution in [2.75, 3.05) is 4.90 Å². The number of aromatic nitrogens is 1. The SMILES string of the molecule is Clc1ccc(N(c2ccccc2)c2ccc3c4ccccc4n(-c4ccccc4)c3c2)c2ccccc12. The molecule has 0 bridgehead atoms. The van der Waals surface area contributed by atoms with E-state index in [0.717, 1.165) is 38.5 Å². The number of para-hydroxylation sites is 3. The number of benzene rings is 6. The monoisotopic (exact) mass is 494 g/mol. The van der Waals surface area contributed by atoms with Crippen LogP contribution in [0.4, 0.5) is 17.1 Å². The summed E-state index contributed by atoms with van der Waals surface area (Å²) in [6, 6.07) is 49.0. The fourth-order valence-corrected chi connectivity index (χ4v) is 5.63. The molecule has 6 aromatic carbocycles. The molecule has 0 spiro atoms. The lowest BCUT2D eigenvalue weighted by Crippen LogP contribution is -2.10. The lowest BCUT2D eigenvalue weighted by atomic mass is 10.1. The molecule has 37 heavy (non-hydrogen) atoms. The van der Waals surface area contributed by atoms with Crippen LogP contribution in [0.5, 0.6) is 0 Å². The Kier molecular flexibility index (Phi) is 5.20. The second-order valence-electron chi connectivity index (χ2n) is 9.17. The first kappa shape index (κ1) is 21.7. The van der Waals surface area contributed by atoms with Crippen LogP contribution in [0.15, 0.2) is 140 Å². The van der Waals surface area contributed by atoms with Crippen molar-refractivity contribution < 1.29 is 0 Å². The van der Waals surface area contributed by atoms with Crippen LogP contribution >= 0.6 is 11.6 Å². The summed E-state index contributed by atoms with van der Waals surface area (Å²) in [6.45, 7) is 0. The molecule has 3 heteroatoms. The van der Waals surface area contributed by atoms with Gasteiger partial charge in [-0.25, -0.2) is 0 Å². The molecule has 0 atom stereocenters. The van der Waals surface area contributed by atoms with Gasteiger partial charge in [0.25, 0.3) is 0 Å². The van der Waals surface area contributed by atoms with Crippen LogP contribution in [0.3, 0.4) is 0 Å². The van der Waals surface area contributed by atoms with Crippen LogP contribution in [0.25, 0.3) is 38.3 Å². The highest BCUT2D eigenvalue weighted by atomic mass is 35.5. The number of rotatable bonds is 4. The molecule has 0 amide bonds. The third-order valence-corrected chi connectivity index (χ3v) is 7.36. The summed E-state index contributed by atoms with van der Waals surface area (Å²) in [5.74, 6) is 0. The number of fused-ring (bicyclic) bond motifs is 4. The van der Waals surface area contributed by atoms with E-state index in [1.807, 2.05) is 12.1 Å². The maximum absolute atomic E-state index is 6.62. The predicted octanol–water partition coefficient (Wildman–Crippen LogP) is 10.1. The molecule has 7 rings (SSSR count). The van der Waals surface area contributed by atoms with Gasteiger partial charge in [0.15, 0.2) is 0 Å². The zero-order valence-corrected chi connectivity index (χ0v) is 20.8. The van der Waals surface area contributed by atoms with Crippen LogP contribution in [0, 0.1) is 0 Å². The van der Waals surface area contributed by atoms with E-state index in [4.69, 9.17) is 11.6 Å². The Hall–Kier alpha value is -4.53. The average Bonchev–Trinajstić information content (AvgIpc) is 3.29. The topological polar surface area (TPSA) is 8.17 Å². The predicted molar refractivity (Wildman–Crippen MR) is 158 cm³/mol. The molecular weight excluding hydrogens is 472 g/mol. The third-order valence-electron chi connectivity index (χ3n) is 7.03. The van der Waals surface area contributed by atoms with Gasteiger partial charge in [-0.2, -0.15) is 0 Å². The second kappa shape index (κ2) is 8.85. The normalized spacial score (nSPS) is 11.4. The summed E-state index contributed by atoms with van der Waals surface area (Å²) in [7, 11) is 0. The number of halogens is 1. The van der Waals surface area contributed by atoms with E-state index < -0.39 is 0 Å². The van der Waals surface area contributed by atoms with Crippen molar-refractivity contribution in [1.82, 2.24) is 4.57 Å². The van der Waals surface area contributed by atoms with Crippen molar-refractivity contribution >= 4 is 61.2 Å². The van der Waals surface area contributed by atoms with Gasteiger partial charge in [0, 0.05) is 43.6 Å². The van der Waals surface area contributed by atoms with Crippen molar-refractivity contribution in [3.63, 3.8) is 0 Å². The smallest absolute Gasteiger partial charge is 0.0561 e. The molecule has 176 valence electrons. The van der Waals surface area contributed by atoms with E-state index in [1.54, 1.807) is 0 Å². The Morgan fingerprint density at radius 1 is 0.459 bits per heavy atom. The summed E-state index contributed by atoms with van der Waals surface area (Å²) < 4.78 is 2.36. The van der Waals surface area contributed by atoms with Gasteiger partial charge in [0.1, 0.15) is 0 Å². The fourth-order valence-electron chi connectivity index (χ4n) is 5.40. The minimum Gasteiger partial charge on any atom is -0.310 e. The molecule has 0 aliphatic carbocycles. The standard InChI is InChI=1S/C34H23ClN2/c35-31-21-22-33(28-16-8-7-15-27(28)31)36(24-11-3-1-4-12-24)26-19-20-30-29-17-9-10-18-32(29)37(34(30)23-26)25-13-5-2-6-14-25/h1-23H. The lowest BCUT2D eigenvalue weighted by Gasteiger charge is -2.27. The van der Waals surface area contributed by atoms with E-state index >= 15 is 0 Å². The Balaban J connectivity index is 1.54. The zero-order valence-electron chi connectivity index (χ0n) is 20.1. The van der Waals surface area contributed by atoms with E-state index in [0.29, 0.717) is 0 Å². The summed E-state index contributed by atoms with van der Waals surface area (Å²) in [5, 5.41) is 5.39. The van der Waals surface area contributed by atoms with E-state index in [1.165, 1.54) is 21.8 Å². The molecule has 2 nitrogen and oxygen atoms in total. The van der Waals surface area contributed by atoms with Crippen LogP contribution in [-0.2, 0) is 0 Å². The molecule has 0 fully saturated rings. The molecule has 0 saturated carbocycles. The van der Waals surface area contributed by atoms with Crippen molar-refractivity contribution in [1.29, 1.82) is 0 Å². The van der Waals surface area contributed by atoms with Crippen LogP contribution in [-0.4, -0.2) is 4.57 Å². The lowest BCUT2D eigenvalue weighted by molar-refractivity contribution is 1.18. The molecule has 0 unspecified atom stereocenters. The minimum atomic E-state index is 0.756. The summed E-state index contributed by atoms with van der Waals surface area (Å²) >= 11 is 6.62.